The van der Waals surface area contributed by atoms with Crippen LogP contribution >= 0.6 is 11.6 Å². The predicted molar refractivity (Wildman–Crippen MR) is 78.7 cm³/mol. The number of benzene rings is 1. The third kappa shape index (κ3) is 3.46. The summed E-state index contributed by atoms with van der Waals surface area (Å²) in [6, 6.07) is 1.94. The molecule has 6 nitrogen and oxygen atoms in total. The van der Waals surface area contributed by atoms with Crippen molar-refractivity contribution in [1.82, 2.24) is 14.8 Å². The molecular formula is C12H11ClF4N4O2S. The van der Waals surface area contributed by atoms with Crippen molar-refractivity contribution in [2.24, 2.45) is 0 Å². The molecule has 0 aliphatic rings. The van der Waals surface area contributed by atoms with E-state index >= 15 is 0 Å². The van der Waals surface area contributed by atoms with Gasteiger partial charge in [-0.25, -0.2) is 0 Å². The second-order valence-electron chi connectivity index (χ2n) is 5.05. The standard InChI is InChI=1S/C12H11ClF4N4O2S/c1-6-4-7(13)8(5-9(6)24(17,22)23)21-11(20(2)3)18-10(19-21)12(14,15)16/h4-5H,1-3H3. The molecule has 12 heteroatoms. The van der Waals surface area contributed by atoms with Crippen molar-refractivity contribution in [3.05, 3.63) is 28.5 Å². The first-order valence-corrected chi connectivity index (χ1v) is 8.05. The third-order valence-corrected chi connectivity index (χ3v) is 4.25. The zero-order chi connectivity index (χ0) is 18.4. The van der Waals surface area contributed by atoms with Crippen molar-refractivity contribution >= 4 is 27.8 Å². The fraction of sp³-hybridized carbons (Fsp3) is 0.333. The van der Waals surface area contributed by atoms with E-state index in [9.17, 15) is 25.5 Å². The van der Waals surface area contributed by atoms with E-state index in [1.807, 2.05) is 0 Å². The lowest BCUT2D eigenvalue weighted by Crippen LogP contribution is -2.15. The Morgan fingerprint density at radius 2 is 1.83 bits per heavy atom. The highest BCUT2D eigenvalue weighted by molar-refractivity contribution is 7.86. The lowest BCUT2D eigenvalue weighted by atomic mass is 10.2. The van der Waals surface area contributed by atoms with E-state index in [2.05, 4.69) is 10.1 Å². The molecule has 1 aromatic carbocycles. The van der Waals surface area contributed by atoms with Crippen molar-refractivity contribution in [2.75, 3.05) is 19.0 Å². The minimum Gasteiger partial charge on any atom is -0.347 e. The first-order chi connectivity index (χ1) is 10.8. The quantitative estimate of drug-likeness (QED) is 0.599. The van der Waals surface area contributed by atoms with E-state index in [0.717, 1.165) is 12.1 Å². The third-order valence-electron chi connectivity index (χ3n) is 2.98. The molecule has 132 valence electrons. The van der Waals surface area contributed by atoms with Gasteiger partial charge in [-0.2, -0.15) is 31.3 Å². The van der Waals surface area contributed by atoms with Gasteiger partial charge in [0, 0.05) is 14.1 Å². The smallest absolute Gasteiger partial charge is 0.347 e. The van der Waals surface area contributed by atoms with Gasteiger partial charge in [-0.1, -0.05) is 11.6 Å². The van der Waals surface area contributed by atoms with Gasteiger partial charge in [0.2, 0.25) is 5.95 Å². The Labute approximate surface area is 139 Å². The molecule has 0 aliphatic heterocycles. The average Bonchev–Trinajstić information content (AvgIpc) is 2.81. The minimum atomic E-state index is -5.09. The van der Waals surface area contributed by atoms with Crippen LogP contribution in [0.15, 0.2) is 17.0 Å². The van der Waals surface area contributed by atoms with Gasteiger partial charge < -0.3 is 4.90 Å². The maximum atomic E-state index is 13.4. The summed E-state index contributed by atoms with van der Waals surface area (Å²) in [7, 11) is -2.27. The molecular weight excluding hydrogens is 376 g/mol. The van der Waals surface area contributed by atoms with Crippen LogP contribution in [-0.2, 0) is 16.4 Å². The summed E-state index contributed by atoms with van der Waals surface area (Å²) in [6.45, 7) is 1.30. The number of aromatic nitrogens is 3. The zero-order valence-electron chi connectivity index (χ0n) is 12.6. The molecule has 1 heterocycles. The lowest BCUT2D eigenvalue weighted by molar-refractivity contribution is -0.144. The molecule has 0 aliphatic carbocycles. The summed E-state index contributed by atoms with van der Waals surface area (Å²) in [5.41, 5.74) is -0.237. The number of alkyl halides is 3. The Morgan fingerprint density at radius 1 is 1.25 bits per heavy atom. The van der Waals surface area contributed by atoms with Crippen molar-refractivity contribution in [3.8, 4) is 5.69 Å². The number of halogens is 5. The number of aryl methyl sites for hydroxylation is 1. The SMILES string of the molecule is Cc1cc(Cl)c(-n2nc(C(F)(F)F)nc2N(C)C)cc1S(=O)(=O)F. The van der Waals surface area contributed by atoms with E-state index in [4.69, 9.17) is 11.6 Å². The van der Waals surface area contributed by atoms with Crippen LogP contribution in [0.2, 0.25) is 5.02 Å². The topological polar surface area (TPSA) is 68.1 Å². The number of rotatable bonds is 3. The van der Waals surface area contributed by atoms with Crippen LogP contribution in [0.25, 0.3) is 5.69 Å². The fourth-order valence-corrected chi connectivity index (χ4v) is 2.94. The molecule has 0 bridgehead atoms. The first kappa shape index (κ1) is 18.5. The second kappa shape index (κ2) is 5.88. The van der Waals surface area contributed by atoms with Gasteiger partial charge in [-0.15, -0.1) is 8.98 Å². The van der Waals surface area contributed by atoms with E-state index in [1.165, 1.54) is 25.9 Å². The van der Waals surface area contributed by atoms with Crippen LogP contribution in [0.3, 0.4) is 0 Å². The van der Waals surface area contributed by atoms with Crippen LogP contribution < -0.4 is 4.90 Å². The van der Waals surface area contributed by atoms with Gasteiger partial charge in [-0.3, -0.25) is 0 Å². The Kier molecular flexibility index (Phi) is 4.53. The zero-order valence-corrected chi connectivity index (χ0v) is 14.1. The number of hydrogen-bond donors (Lipinski definition) is 0. The Balaban J connectivity index is 2.79. The highest BCUT2D eigenvalue weighted by Gasteiger charge is 2.38. The summed E-state index contributed by atoms with van der Waals surface area (Å²) in [6.07, 6.45) is -4.82. The van der Waals surface area contributed by atoms with Crippen LogP contribution in [0.1, 0.15) is 11.4 Å². The molecule has 2 aromatic rings. The van der Waals surface area contributed by atoms with Crippen molar-refractivity contribution in [3.63, 3.8) is 0 Å². The normalized spacial score (nSPS) is 12.5. The maximum Gasteiger partial charge on any atom is 0.453 e. The summed E-state index contributed by atoms with van der Waals surface area (Å²) < 4.78 is 75.0. The number of anilines is 1. The Morgan fingerprint density at radius 3 is 2.29 bits per heavy atom. The van der Waals surface area contributed by atoms with Crippen molar-refractivity contribution in [2.45, 2.75) is 18.0 Å². The van der Waals surface area contributed by atoms with E-state index < -0.39 is 27.1 Å². The van der Waals surface area contributed by atoms with Crippen LogP contribution in [0.5, 0.6) is 0 Å². The maximum absolute atomic E-state index is 13.4. The molecule has 0 radical (unpaired) electrons. The Bertz CT molecular complexity index is 893. The van der Waals surface area contributed by atoms with E-state index in [-0.39, 0.29) is 22.2 Å². The van der Waals surface area contributed by atoms with Crippen LogP contribution in [0, 0.1) is 6.92 Å². The van der Waals surface area contributed by atoms with E-state index in [0.29, 0.717) is 4.68 Å². The predicted octanol–water partition coefficient (Wildman–Crippen LogP) is 2.97. The summed E-state index contributed by atoms with van der Waals surface area (Å²) in [5.74, 6) is -1.69. The molecule has 0 amide bonds. The molecule has 24 heavy (non-hydrogen) atoms. The summed E-state index contributed by atoms with van der Waals surface area (Å²) >= 11 is 5.98. The largest absolute Gasteiger partial charge is 0.453 e. The van der Waals surface area contributed by atoms with Gasteiger partial charge in [0.15, 0.2) is 0 Å². The molecule has 2 rings (SSSR count). The molecule has 0 fully saturated rings. The minimum absolute atomic E-state index is 0.00816. The van der Waals surface area contributed by atoms with Gasteiger partial charge in [0.05, 0.1) is 10.7 Å². The molecule has 0 atom stereocenters. The fourth-order valence-electron chi connectivity index (χ4n) is 1.94. The molecule has 0 N–H and O–H groups in total. The van der Waals surface area contributed by atoms with Gasteiger partial charge in [0.1, 0.15) is 4.90 Å². The van der Waals surface area contributed by atoms with Gasteiger partial charge in [0.25, 0.3) is 5.82 Å². The molecule has 0 spiro atoms. The van der Waals surface area contributed by atoms with E-state index in [1.54, 1.807) is 0 Å². The van der Waals surface area contributed by atoms with Crippen LogP contribution in [0.4, 0.5) is 23.0 Å². The molecule has 0 unspecified atom stereocenters. The Hall–Kier alpha value is -1.88. The number of nitrogens with zero attached hydrogens (tertiary/aromatic N) is 4. The second-order valence-corrected chi connectivity index (χ2v) is 6.77. The van der Waals surface area contributed by atoms with Gasteiger partial charge >= 0.3 is 16.4 Å². The molecule has 1 aromatic heterocycles. The molecule has 0 saturated carbocycles. The average molecular weight is 387 g/mol. The highest BCUT2D eigenvalue weighted by Crippen LogP contribution is 2.33. The first-order valence-electron chi connectivity index (χ1n) is 6.29. The number of hydrogen-bond acceptors (Lipinski definition) is 5. The monoisotopic (exact) mass is 386 g/mol. The summed E-state index contributed by atoms with van der Waals surface area (Å²) in [5, 5.41) is 3.21. The van der Waals surface area contributed by atoms with Crippen LogP contribution in [-0.4, -0.2) is 37.3 Å². The summed E-state index contributed by atoms with van der Waals surface area (Å²) in [4.78, 5) is 3.88. The lowest BCUT2D eigenvalue weighted by Gasteiger charge is -2.14. The highest BCUT2D eigenvalue weighted by atomic mass is 35.5. The van der Waals surface area contributed by atoms with Gasteiger partial charge in [-0.05, 0) is 24.6 Å². The molecule has 0 saturated heterocycles. The van der Waals surface area contributed by atoms with Crippen molar-refractivity contribution in [1.29, 1.82) is 0 Å². The van der Waals surface area contributed by atoms with Crippen molar-refractivity contribution < 1.29 is 25.5 Å².